The van der Waals surface area contributed by atoms with Gasteiger partial charge in [0, 0.05) is 25.3 Å². The molecule has 4 rings (SSSR count). The number of amides is 1. The predicted molar refractivity (Wildman–Crippen MR) is 113 cm³/mol. The largest absolute Gasteiger partial charge is 0.466 e. The molecule has 1 aromatic heterocycles. The Bertz CT molecular complexity index is 834. The zero-order chi connectivity index (χ0) is 23.6. The normalized spacial score (nSPS) is 29.5. The van der Waals surface area contributed by atoms with Crippen molar-refractivity contribution < 1.29 is 32.2 Å². The van der Waals surface area contributed by atoms with Crippen molar-refractivity contribution >= 4 is 17.9 Å². The first-order chi connectivity index (χ1) is 15.7. The maximum atomic E-state index is 12.9. The molecule has 10 heteroatoms. The third-order valence-electron chi connectivity index (χ3n) is 7.00. The van der Waals surface area contributed by atoms with E-state index in [2.05, 4.69) is 10.3 Å². The van der Waals surface area contributed by atoms with Gasteiger partial charge in [-0.05, 0) is 63.0 Å². The molecule has 7 nitrogen and oxygen atoms in total. The van der Waals surface area contributed by atoms with Gasteiger partial charge >= 0.3 is 18.2 Å². The Balaban J connectivity index is 1.29. The van der Waals surface area contributed by atoms with Gasteiger partial charge in [-0.3, -0.25) is 4.79 Å². The molecule has 33 heavy (non-hydrogen) atoms. The Morgan fingerprint density at radius 1 is 1.18 bits per heavy atom. The average molecular weight is 470 g/mol. The Hall–Kier alpha value is -2.52. The van der Waals surface area contributed by atoms with Crippen LogP contribution in [0.25, 0.3) is 0 Å². The van der Waals surface area contributed by atoms with E-state index in [9.17, 15) is 22.8 Å². The van der Waals surface area contributed by atoms with Crippen LogP contribution in [-0.4, -0.2) is 53.8 Å². The van der Waals surface area contributed by atoms with Crippen LogP contribution in [0.1, 0.15) is 51.0 Å². The smallest absolute Gasteiger partial charge is 0.417 e. The van der Waals surface area contributed by atoms with E-state index in [4.69, 9.17) is 9.47 Å². The summed E-state index contributed by atoms with van der Waals surface area (Å²) in [6.45, 7) is 3.08. The van der Waals surface area contributed by atoms with E-state index in [0.717, 1.165) is 31.5 Å². The molecule has 3 atom stereocenters. The second kappa shape index (κ2) is 9.77. The van der Waals surface area contributed by atoms with E-state index >= 15 is 0 Å². The van der Waals surface area contributed by atoms with Crippen LogP contribution in [0.3, 0.4) is 0 Å². The zero-order valence-corrected chi connectivity index (χ0v) is 18.6. The molecule has 182 valence electrons. The number of hydrogen-bond donors (Lipinski definition) is 1. The van der Waals surface area contributed by atoms with E-state index in [-0.39, 0.29) is 42.0 Å². The lowest BCUT2D eigenvalue weighted by molar-refractivity contribution is -0.154. The highest BCUT2D eigenvalue weighted by Gasteiger charge is 2.45. The second-order valence-corrected chi connectivity index (χ2v) is 9.23. The standard InChI is InChI=1S/C23H30F3N3O4/c1-2-32-21(30)16-10-14-4-3-5-15(11-16)20(14)33-22(31)29-9-8-18(13-29)28-19-7-6-17(12-27-19)23(24,25)26/h6-7,12,14-16,18,20H,2-5,8-11,13H2,1H3,(H,27,28)/t14?,15?,16?,18-,20?/m1/s1. The number of esters is 1. The Kier molecular flexibility index (Phi) is 6.99. The van der Waals surface area contributed by atoms with Gasteiger partial charge in [0.25, 0.3) is 0 Å². The number of ether oxygens (including phenoxy) is 2. The summed E-state index contributed by atoms with van der Waals surface area (Å²) in [6, 6.07) is 2.18. The molecule has 1 aromatic rings. The molecule has 1 amide bonds. The van der Waals surface area contributed by atoms with Crippen LogP contribution < -0.4 is 5.32 Å². The summed E-state index contributed by atoms with van der Waals surface area (Å²) in [5.41, 5.74) is -0.798. The lowest BCUT2D eigenvalue weighted by atomic mass is 9.66. The number of anilines is 1. The number of pyridine rings is 1. The molecule has 1 saturated heterocycles. The number of rotatable bonds is 5. The number of nitrogens with zero attached hydrogens (tertiary/aromatic N) is 2. The fourth-order valence-electron chi connectivity index (χ4n) is 5.42. The topological polar surface area (TPSA) is 80.8 Å². The van der Waals surface area contributed by atoms with E-state index in [1.807, 2.05) is 0 Å². The van der Waals surface area contributed by atoms with Crippen molar-refractivity contribution in [2.45, 2.75) is 63.8 Å². The summed E-state index contributed by atoms with van der Waals surface area (Å²) in [5.74, 6) is 0.416. The third kappa shape index (κ3) is 5.52. The average Bonchev–Trinajstić information content (AvgIpc) is 3.22. The van der Waals surface area contributed by atoms with Gasteiger partial charge in [-0.25, -0.2) is 9.78 Å². The van der Waals surface area contributed by atoms with E-state index in [0.29, 0.717) is 44.8 Å². The van der Waals surface area contributed by atoms with Crippen molar-refractivity contribution in [3.63, 3.8) is 0 Å². The summed E-state index contributed by atoms with van der Waals surface area (Å²) < 4.78 is 49.2. The minimum Gasteiger partial charge on any atom is -0.466 e. The molecule has 1 N–H and O–H groups in total. The predicted octanol–water partition coefficient (Wildman–Crippen LogP) is 4.48. The quantitative estimate of drug-likeness (QED) is 0.641. The molecule has 0 radical (unpaired) electrons. The first kappa shape index (κ1) is 23.6. The summed E-state index contributed by atoms with van der Waals surface area (Å²) in [5, 5.41) is 3.10. The molecule has 2 bridgehead atoms. The highest BCUT2D eigenvalue weighted by molar-refractivity contribution is 5.73. The number of fused-ring (bicyclic) bond motifs is 2. The molecule has 2 heterocycles. The maximum Gasteiger partial charge on any atom is 0.417 e. The molecule has 0 aromatic carbocycles. The number of carbonyl (C=O) groups is 2. The van der Waals surface area contributed by atoms with Gasteiger partial charge in [0.15, 0.2) is 0 Å². The number of carbonyl (C=O) groups excluding carboxylic acids is 2. The first-order valence-electron chi connectivity index (χ1n) is 11.7. The van der Waals surface area contributed by atoms with Gasteiger partial charge in [0.2, 0.25) is 0 Å². The molecule has 3 aliphatic rings. The number of hydrogen-bond acceptors (Lipinski definition) is 6. The van der Waals surface area contributed by atoms with Crippen LogP contribution in [0.2, 0.25) is 0 Å². The lowest BCUT2D eigenvalue weighted by Gasteiger charge is -2.44. The third-order valence-corrected chi connectivity index (χ3v) is 7.00. The maximum absolute atomic E-state index is 12.9. The molecular weight excluding hydrogens is 439 g/mol. The summed E-state index contributed by atoms with van der Waals surface area (Å²) >= 11 is 0. The number of aromatic nitrogens is 1. The molecule has 2 aliphatic carbocycles. The molecule has 1 aliphatic heterocycles. The summed E-state index contributed by atoms with van der Waals surface area (Å²) in [4.78, 5) is 30.5. The fraction of sp³-hybridized carbons (Fsp3) is 0.696. The van der Waals surface area contributed by atoms with Crippen LogP contribution in [0.15, 0.2) is 18.3 Å². The van der Waals surface area contributed by atoms with Crippen molar-refractivity contribution in [3.8, 4) is 0 Å². The highest BCUT2D eigenvalue weighted by atomic mass is 19.4. The minimum absolute atomic E-state index is 0.110. The van der Waals surface area contributed by atoms with Crippen LogP contribution >= 0.6 is 0 Å². The minimum atomic E-state index is -4.42. The van der Waals surface area contributed by atoms with Gasteiger partial charge in [-0.15, -0.1) is 0 Å². The Morgan fingerprint density at radius 2 is 1.91 bits per heavy atom. The van der Waals surface area contributed by atoms with Crippen LogP contribution in [0, 0.1) is 17.8 Å². The first-order valence-corrected chi connectivity index (χ1v) is 11.7. The fourth-order valence-corrected chi connectivity index (χ4v) is 5.42. The summed E-state index contributed by atoms with van der Waals surface area (Å²) in [7, 11) is 0. The van der Waals surface area contributed by atoms with Crippen molar-refractivity contribution in [3.05, 3.63) is 23.9 Å². The van der Waals surface area contributed by atoms with Crippen molar-refractivity contribution in [2.24, 2.45) is 17.8 Å². The van der Waals surface area contributed by atoms with Gasteiger partial charge < -0.3 is 19.7 Å². The number of halogens is 3. The number of nitrogens with one attached hydrogen (secondary N) is 1. The van der Waals surface area contributed by atoms with Gasteiger partial charge in [0.05, 0.1) is 18.1 Å². The Morgan fingerprint density at radius 3 is 2.52 bits per heavy atom. The van der Waals surface area contributed by atoms with Gasteiger partial charge in [-0.2, -0.15) is 13.2 Å². The van der Waals surface area contributed by atoms with E-state index in [1.165, 1.54) is 6.07 Å². The van der Waals surface area contributed by atoms with Crippen LogP contribution in [0.5, 0.6) is 0 Å². The molecule has 2 unspecified atom stereocenters. The van der Waals surface area contributed by atoms with Crippen molar-refractivity contribution in [1.29, 1.82) is 0 Å². The molecule has 2 saturated carbocycles. The van der Waals surface area contributed by atoms with Gasteiger partial charge in [0.1, 0.15) is 11.9 Å². The number of alkyl halides is 3. The van der Waals surface area contributed by atoms with Gasteiger partial charge in [-0.1, -0.05) is 6.42 Å². The van der Waals surface area contributed by atoms with E-state index in [1.54, 1.807) is 11.8 Å². The lowest BCUT2D eigenvalue weighted by Crippen LogP contribution is -2.47. The van der Waals surface area contributed by atoms with Crippen LogP contribution in [0.4, 0.5) is 23.8 Å². The van der Waals surface area contributed by atoms with E-state index < -0.39 is 11.7 Å². The Labute approximate surface area is 191 Å². The summed E-state index contributed by atoms with van der Waals surface area (Å²) in [6.07, 6.45) is 0.824. The molecule has 0 spiro atoms. The molecular formula is C23H30F3N3O4. The van der Waals surface area contributed by atoms with Crippen molar-refractivity contribution in [1.82, 2.24) is 9.88 Å². The molecule has 3 fully saturated rings. The number of likely N-dealkylation sites (tertiary alicyclic amines) is 1. The SMILES string of the molecule is CCOC(=O)C1CC2CCCC(C1)C2OC(=O)N1CC[C@@H](Nc2ccc(C(F)(F)F)cn2)C1. The second-order valence-electron chi connectivity index (χ2n) is 9.23. The highest BCUT2D eigenvalue weighted by Crippen LogP contribution is 2.45. The monoisotopic (exact) mass is 469 g/mol. The van der Waals surface area contributed by atoms with Crippen LogP contribution in [-0.2, 0) is 20.4 Å². The zero-order valence-electron chi connectivity index (χ0n) is 18.6. The van der Waals surface area contributed by atoms with Crippen molar-refractivity contribution in [2.75, 3.05) is 25.0 Å².